The fourth-order valence-electron chi connectivity index (χ4n) is 3.70. The SMILES string of the molecule is O=S1(=O)CCCN1CC(O)Cn1c2cccc(F)c2c2c(F)cccc21. The van der Waals surface area contributed by atoms with E-state index in [1.165, 1.54) is 28.6 Å². The molecule has 1 aliphatic heterocycles. The minimum Gasteiger partial charge on any atom is -0.390 e. The Kier molecular flexibility index (Phi) is 4.21. The zero-order chi connectivity index (χ0) is 18.5. The summed E-state index contributed by atoms with van der Waals surface area (Å²) in [7, 11) is -3.32. The lowest BCUT2D eigenvalue weighted by Crippen LogP contribution is -2.35. The van der Waals surface area contributed by atoms with Crippen LogP contribution in [0.4, 0.5) is 8.78 Å². The maximum atomic E-state index is 14.3. The minimum absolute atomic E-state index is 0.0336. The summed E-state index contributed by atoms with van der Waals surface area (Å²) < 4.78 is 55.5. The van der Waals surface area contributed by atoms with E-state index in [0.29, 0.717) is 24.0 Å². The van der Waals surface area contributed by atoms with Gasteiger partial charge in [-0.2, -0.15) is 4.31 Å². The first-order chi connectivity index (χ1) is 12.4. The Morgan fingerprint density at radius 3 is 2.08 bits per heavy atom. The molecule has 8 heteroatoms. The van der Waals surface area contributed by atoms with Gasteiger partial charge in [-0.25, -0.2) is 17.2 Å². The molecule has 2 heterocycles. The van der Waals surface area contributed by atoms with Crippen LogP contribution in [0, 0.1) is 11.6 Å². The minimum atomic E-state index is -3.32. The van der Waals surface area contributed by atoms with E-state index >= 15 is 0 Å². The number of rotatable bonds is 4. The summed E-state index contributed by atoms with van der Waals surface area (Å²) in [6.07, 6.45) is -0.450. The van der Waals surface area contributed by atoms with Crippen molar-refractivity contribution in [1.82, 2.24) is 8.87 Å². The van der Waals surface area contributed by atoms with Gasteiger partial charge in [-0.3, -0.25) is 0 Å². The monoisotopic (exact) mass is 380 g/mol. The Bertz CT molecular complexity index is 1040. The Labute approximate surface area is 149 Å². The number of aliphatic hydroxyl groups is 1. The predicted octanol–water partition coefficient (Wildman–Crippen LogP) is 2.47. The quantitative estimate of drug-likeness (QED) is 0.756. The molecular weight excluding hydrogens is 362 g/mol. The van der Waals surface area contributed by atoms with Crippen molar-refractivity contribution in [2.24, 2.45) is 0 Å². The molecule has 138 valence electrons. The summed E-state index contributed by atoms with van der Waals surface area (Å²) >= 11 is 0. The van der Waals surface area contributed by atoms with Crippen LogP contribution < -0.4 is 0 Å². The Morgan fingerprint density at radius 2 is 1.58 bits per heavy atom. The van der Waals surface area contributed by atoms with E-state index in [1.54, 1.807) is 16.7 Å². The predicted molar refractivity (Wildman–Crippen MR) is 95.3 cm³/mol. The zero-order valence-corrected chi connectivity index (χ0v) is 14.7. The lowest BCUT2D eigenvalue weighted by molar-refractivity contribution is 0.133. The average molecular weight is 380 g/mol. The molecule has 0 saturated carbocycles. The van der Waals surface area contributed by atoms with Gasteiger partial charge in [-0.05, 0) is 30.7 Å². The molecule has 2 aromatic carbocycles. The van der Waals surface area contributed by atoms with Gasteiger partial charge in [0, 0.05) is 23.9 Å². The van der Waals surface area contributed by atoms with E-state index < -0.39 is 27.8 Å². The van der Waals surface area contributed by atoms with Gasteiger partial charge in [-0.1, -0.05) is 12.1 Å². The lowest BCUT2D eigenvalue weighted by Gasteiger charge is -2.20. The number of hydrogen-bond acceptors (Lipinski definition) is 3. The van der Waals surface area contributed by atoms with Crippen LogP contribution in [0.2, 0.25) is 0 Å². The summed E-state index contributed by atoms with van der Waals surface area (Å²) in [6, 6.07) is 8.93. The van der Waals surface area contributed by atoms with E-state index in [2.05, 4.69) is 0 Å². The summed E-state index contributed by atoms with van der Waals surface area (Å²) in [4.78, 5) is 0. The molecule has 0 bridgehead atoms. The first-order valence-corrected chi connectivity index (χ1v) is 10.0. The smallest absolute Gasteiger partial charge is 0.214 e. The molecule has 4 rings (SSSR count). The Hall–Kier alpha value is -2.03. The molecule has 26 heavy (non-hydrogen) atoms. The third-order valence-corrected chi connectivity index (χ3v) is 6.75. The van der Waals surface area contributed by atoms with E-state index in [9.17, 15) is 22.3 Å². The van der Waals surface area contributed by atoms with Crippen LogP contribution in [0.3, 0.4) is 0 Å². The molecule has 5 nitrogen and oxygen atoms in total. The number of nitrogens with zero attached hydrogens (tertiary/aromatic N) is 2. The highest BCUT2D eigenvalue weighted by Gasteiger charge is 2.30. The van der Waals surface area contributed by atoms with Crippen molar-refractivity contribution in [3.05, 3.63) is 48.0 Å². The van der Waals surface area contributed by atoms with Crippen LogP contribution >= 0.6 is 0 Å². The van der Waals surface area contributed by atoms with Crippen LogP contribution in [-0.4, -0.2) is 47.3 Å². The van der Waals surface area contributed by atoms with E-state index in [4.69, 9.17) is 0 Å². The third-order valence-electron chi connectivity index (χ3n) is 4.83. The van der Waals surface area contributed by atoms with Crippen molar-refractivity contribution in [2.45, 2.75) is 19.1 Å². The second-order valence-electron chi connectivity index (χ2n) is 6.56. The first kappa shape index (κ1) is 17.4. The molecule has 3 aromatic rings. The van der Waals surface area contributed by atoms with Gasteiger partial charge in [-0.15, -0.1) is 0 Å². The van der Waals surface area contributed by atoms with Crippen LogP contribution in [0.1, 0.15) is 6.42 Å². The molecule has 0 spiro atoms. The summed E-state index contributed by atoms with van der Waals surface area (Å²) in [6.45, 7) is 0.392. The van der Waals surface area contributed by atoms with Gasteiger partial charge >= 0.3 is 0 Å². The molecule has 0 radical (unpaired) electrons. The number of sulfonamides is 1. The molecular formula is C18H18F2N2O3S. The molecule has 0 aliphatic carbocycles. The standard InChI is InChI=1S/C18H18F2N2O3S/c19-13-4-1-6-15-17(13)18-14(20)5-2-7-16(18)22(15)11-12(23)10-21-8-3-9-26(21,24)25/h1-2,4-7,12,23H,3,8-11H2. The first-order valence-electron chi connectivity index (χ1n) is 8.39. The normalized spacial score (nSPS) is 18.7. The zero-order valence-electron chi connectivity index (χ0n) is 13.9. The highest BCUT2D eigenvalue weighted by Crippen LogP contribution is 2.33. The number of fused-ring (bicyclic) bond motifs is 3. The number of halogens is 2. The Balaban J connectivity index is 1.76. The summed E-state index contributed by atoms with van der Waals surface area (Å²) in [5, 5.41) is 10.8. The van der Waals surface area contributed by atoms with Crippen LogP contribution in [0.25, 0.3) is 21.8 Å². The van der Waals surface area contributed by atoms with E-state index in [-0.39, 0.29) is 29.6 Å². The molecule has 0 amide bonds. The largest absolute Gasteiger partial charge is 0.390 e. The molecule has 1 saturated heterocycles. The second kappa shape index (κ2) is 6.29. The molecule has 1 fully saturated rings. The maximum absolute atomic E-state index is 14.3. The van der Waals surface area contributed by atoms with Crippen molar-refractivity contribution in [1.29, 1.82) is 0 Å². The number of β-amino-alcohol motifs (C(OH)–C–C–N with tert-alkyl or cyclic N) is 1. The van der Waals surface area contributed by atoms with Gasteiger partial charge in [0.2, 0.25) is 10.0 Å². The fourth-order valence-corrected chi connectivity index (χ4v) is 5.26. The molecule has 1 aliphatic rings. The van der Waals surface area contributed by atoms with Crippen LogP contribution in [0.15, 0.2) is 36.4 Å². The lowest BCUT2D eigenvalue weighted by atomic mass is 10.1. The third kappa shape index (κ3) is 2.78. The van der Waals surface area contributed by atoms with Gasteiger partial charge in [0.25, 0.3) is 0 Å². The molecule has 1 N–H and O–H groups in total. The van der Waals surface area contributed by atoms with Crippen molar-refractivity contribution in [3.8, 4) is 0 Å². The van der Waals surface area contributed by atoms with E-state index in [1.807, 2.05) is 0 Å². The highest BCUT2D eigenvalue weighted by molar-refractivity contribution is 7.89. The van der Waals surface area contributed by atoms with Gasteiger partial charge < -0.3 is 9.67 Å². The van der Waals surface area contributed by atoms with Gasteiger partial charge in [0.05, 0.1) is 29.4 Å². The molecule has 1 unspecified atom stereocenters. The van der Waals surface area contributed by atoms with Crippen molar-refractivity contribution in [2.75, 3.05) is 18.8 Å². The summed E-state index contributed by atoms with van der Waals surface area (Å²) in [5.74, 6) is -0.980. The number of aliphatic hydroxyl groups excluding tert-OH is 1. The highest BCUT2D eigenvalue weighted by atomic mass is 32.2. The number of benzene rings is 2. The maximum Gasteiger partial charge on any atom is 0.214 e. The fraction of sp³-hybridized carbons (Fsp3) is 0.333. The number of hydrogen-bond donors (Lipinski definition) is 1. The Morgan fingerprint density at radius 1 is 1.00 bits per heavy atom. The average Bonchev–Trinajstić information content (AvgIpc) is 3.08. The van der Waals surface area contributed by atoms with Crippen LogP contribution in [-0.2, 0) is 16.6 Å². The molecule has 1 atom stereocenters. The van der Waals surface area contributed by atoms with Crippen molar-refractivity contribution < 1.29 is 22.3 Å². The van der Waals surface area contributed by atoms with Gasteiger partial charge in [0.15, 0.2) is 0 Å². The van der Waals surface area contributed by atoms with Crippen molar-refractivity contribution in [3.63, 3.8) is 0 Å². The topological polar surface area (TPSA) is 62.5 Å². The van der Waals surface area contributed by atoms with Crippen LogP contribution in [0.5, 0.6) is 0 Å². The van der Waals surface area contributed by atoms with Crippen molar-refractivity contribution >= 4 is 31.8 Å². The molecule has 1 aromatic heterocycles. The second-order valence-corrected chi connectivity index (χ2v) is 8.65. The number of aromatic nitrogens is 1. The van der Waals surface area contributed by atoms with Gasteiger partial charge in [0.1, 0.15) is 11.6 Å². The van der Waals surface area contributed by atoms with E-state index in [0.717, 1.165) is 0 Å². The summed E-state index contributed by atoms with van der Waals surface area (Å²) in [5.41, 5.74) is 0.932.